The number of furan rings is 1. The zero-order chi connectivity index (χ0) is 16.6. The molecule has 3 aromatic heterocycles. The van der Waals surface area contributed by atoms with E-state index in [-0.39, 0.29) is 24.0 Å². The van der Waals surface area contributed by atoms with Crippen LogP contribution in [0.2, 0.25) is 0 Å². The van der Waals surface area contributed by atoms with Gasteiger partial charge in [-0.25, -0.2) is 4.99 Å². The third-order valence-corrected chi connectivity index (χ3v) is 3.55. The predicted octanol–water partition coefficient (Wildman–Crippen LogP) is 2.63. The molecule has 7 nitrogen and oxygen atoms in total. The molecule has 3 heterocycles. The summed E-state index contributed by atoms with van der Waals surface area (Å²) in [4.78, 5) is 4.61. The summed E-state index contributed by atoms with van der Waals surface area (Å²) in [6, 6.07) is 9.71. The molecule has 25 heavy (non-hydrogen) atoms. The molecule has 0 radical (unpaired) electrons. The van der Waals surface area contributed by atoms with Crippen molar-refractivity contribution in [1.82, 2.24) is 25.2 Å². The Morgan fingerprint density at radius 3 is 2.84 bits per heavy atom. The van der Waals surface area contributed by atoms with Gasteiger partial charge in [0.2, 0.25) is 0 Å². The second kappa shape index (κ2) is 10.0. The van der Waals surface area contributed by atoms with Crippen molar-refractivity contribution in [3.05, 3.63) is 54.4 Å². The number of hydrogen-bond donors (Lipinski definition) is 2. The van der Waals surface area contributed by atoms with Crippen molar-refractivity contribution in [1.29, 1.82) is 0 Å². The first kappa shape index (κ1) is 19.2. The van der Waals surface area contributed by atoms with E-state index in [9.17, 15) is 0 Å². The van der Waals surface area contributed by atoms with Crippen LogP contribution in [0.25, 0.3) is 5.65 Å². The fourth-order valence-electron chi connectivity index (χ4n) is 2.33. The number of hydrogen-bond acceptors (Lipinski definition) is 4. The highest BCUT2D eigenvalue weighted by Gasteiger charge is 2.05. The van der Waals surface area contributed by atoms with Crippen molar-refractivity contribution in [3.63, 3.8) is 0 Å². The van der Waals surface area contributed by atoms with Crippen molar-refractivity contribution in [2.75, 3.05) is 13.1 Å². The van der Waals surface area contributed by atoms with Crippen LogP contribution in [0.5, 0.6) is 0 Å². The number of fused-ring (bicyclic) bond motifs is 1. The highest BCUT2D eigenvalue weighted by molar-refractivity contribution is 14.0. The van der Waals surface area contributed by atoms with Crippen LogP contribution in [-0.2, 0) is 13.0 Å². The fraction of sp³-hybridized carbons (Fsp3) is 0.353. The van der Waals surface area contributed by atoms with Crippen LogP contribution < -0.4 is 10.6 Å². The fourth-order valence-corrected chi connectivity index (χ4v) is 2.33. The number of nitrogens with zero attached hydrogens (tertiary/aromatic N) is 4. The van der Waals surface area contributed by atoms with Crippen molar-refractivity contribution in [3.8, 4) is 0 Å². The van der Waals surface area contributed by atoms with Gasteiger partial charge in [0, 0.05) is 25.7 Å². The molecule has 0 amide bonds. The monoisotopic (exact) mass is 454 g/mol. The topological polar surface area (TPSA) is 79.8 Å². The second-order valence-corrected chi connectivity index (χ2v) is 5.39. The summed E-state index contributed by atoms with van der Waals surface area (Å²) in [5.41, 5.74) is 0.830. The van der Waals surface area contributed by atoms with E-state index in [1.54, 1.807) is 6.26 Å². The lowest BCUT2D eigenvalue weighted by Gasteiger charge is -2.11. The summed E-state index contributed by atoms with van der Waals surface area (Å²) in [6.45, 7) is 4.21. The maximum absolute atomic E-state index is 5.34. The standard InChI is InChI=1S/C17H22N6O.HI/c1-2-9-18-17(19-10-8-14-6-5-12-24-14)20-13-16-22-21-15-7-3-4-11-23(15)16;/h3-7,11-12H,2,8-10,13H2,1H3,(H2,18,19,20);1H. The van der Waals surface area contributed by atoms with Crippen LogP contribution in [0.3, 0.4) is 0 Å². The molecule has 0 atom stereocenters. The van der Waals surface area contributed by atoms with E-state index in [0.717, 1.165) is 49.1 Å². The second-order valence-electron chi connectivity index (χ2n) is 5.39. The Labute approximate surface area is 164 Å². The Kier molecular flexibility index (Phi) is 7.71. The van der Waals surface area contributed by atoms with Gasteiger partial charge in [0.25, 0.3) is 0 Å². The lowest BCUT2D eigenvalue weighted by atomic mass is 10.3. The van der Waals surface area contributed by atoms with Gasteiger partial charge in [0.1, 0.15) is 12.3 Å². The van der Waals surface area contributed by atoms with Crippen molar-refractivity contribution >= 4 is 35.6 Å². The van der Waals surface area contributed by atoms with E-state index >= 15 is 0 Å². The number of pyridine rings is 1. The lowest BCUT2D eigenvalue weighted by Crippen LogP contribution is -2.38. The molecule has 3 aromatic rings. The first-order valence-electron chi connectivity index (χ1n) is 8.20. The normalized spacial score (nSPS) is 11.3. The number of rotatable bonds is 7. The van der Waals surface area contributed by atoms with E-state index in [4.69, 9.17) is 4.42 Å². The van der Waals surface area contributed by atoms with Gasteiger partial charge in [0.15, 0.2) is 17.4 Å². The molecule has 0 aromatic carbocycles. The van der Waals surface area contributed by atoms with E-state index in [1.807, 2.05) is 40.9 Å². The SMILES string of the molecule is CCCNC(=NCc1nnc2ccccn12)NCCc1ccco1.I. The first-order valence-corrected chi connectivity index (χ1v) is 8.20. The maximum Gasteiger partial charge on any atom is 0.191 e. The maximum atomic E-state index is 5.34. The summed E-state index contributed by atoms with van der Waals surface area (Å²) in [7, 11) is 0. The van der Waals surface area contributed by atoms with Gasteiger partial charge in [-0.05, 0) is 30.7 Å². The average molecular weight is 454 g/mol. The lowest BCUT2D eigenvalue weighted by molar-refractivity contribution is 0.506. The number of halogens is 1. The Bertz CT molecular complexity index is 783. The van der Waals surface area contributed by atoms with E-state index < -0.39 is 0 Å². The minimum absolute atomic E-state index is 0. The molecule has 8 heteroatoms. The molecule has 0 aliphatic carbocycles. The van der Waals surface area contributed by atoms with Gasteiger partial charge >= 0.3 is 0 Å². The number of aromatic nitrogens is 3. The Hall–Kier alpha value is -2.10. The Balaban J connectivity index is 0.00000225. The number of nitrogens with one attached hydrogen (secondary N) is 2. The van der Waals surface area contributed by atoms with Crippen LogP contribution in [0.4, 0.5) is 0 Å². The van der Waals surface area contributed by atoms with Crippen molar-refractivity contribution in [2.45, 2.75) is 26.3 Å². The Morgan fingerprint density at radius 1 is 1.16 bits per heavy atom. The van der Waals surface area contributed by atoms with Gasteiger partial charge in [-0.3, -0.25) is 4.40 Å². The van der Waals surface area contributed by atoms with Crippen molar-refractivity contribution in [2.24, 2.45) is 4.99 Å². The van der Waals surface area contributed by atoms with Gasteiger partial charge in [-0.15, -0.1) is 34.2 Å². The minimum Gasteiger partial charge on any atom is -0.469 e. The van der Waals surface area contributed by atoms with E-state index in [0.29, 0.717) is 6.54 Å². The molecule has 3 rings (SSSR count). The summed E-state index contributed by atoms with van der Waals surface area (Å²) >= 11 is 0. The third-order valence-electron chi connectivity index (χ3n) is 3.55. The predicted molar refractivity (Wildman–Crippen MR) is 108 cm³/mol. The molecular weight excluding hydrogens is 431 g/mol. The smallest absolute Gasteiger partial charge is 0.191 e. The molecule has 0 aliphatic heterocycles. The summed E-state index contributed by atoms with van der Waals surface area (Å²) in [6.07, 6.45) is 5.49. The highest BCUT2D eigenvalue weighted by Crippen LogP contribution is 2.04. The summed E-state index contributed by atoms with van der Waals surface area (Å²) < 4.78 is 7.29. The Morgan fingerprint density at radius 2 is 2.04 bits per heavy atom. The first-order chi connectivity index (χ1) is 11.9. The molecule has 0 bridgehead atoms. The largest absolute Gasteiger partial charge is 0.469 e. The van der Waals surface area contributed by atoms with Crippen molar-refractivity contribution < 1.29 is 4.42 Å². The van der Waals surface area contributed by atoms with Gasteiger partial charge in [0.05, 0.1) is 6.26 Å². The van der Waals surface area contributed by atoms with E-state index in [2.05, 4.69) is 32.7 Å². The van der Waals surface area contributed by atoms with E-state index in [1.165, 1.54) is 0 Å². The average Bonchev–Trinajstić information content (AvgIpc) is 3.26. The summed E-state index contributed by atoms with van der Waals surface area (Å²) in [5.74, 6) is 2.55. The van der Waals surface area contributed by atoms with Crippen LogP contribution in [0, 0.1) is 0 Å². The molecule has 0 saturated heterocycles. The zero-order valence-corrected chi connectivity index (χ0v) is 16.5. The van der Waals surface area contributed by atoms with Crippen LogP contribution in [-0.4, -0.2) is 33.6 Å². The van der Waals surface area contributed by atoms with Gasteiger partial charge in [-0.2, -0.15) is 0 Å². The molecule has 134 valence electrons. The van der Waals surface area contributed by atoms with Gasteiger partial charge in [-0.1, -0.05) is 13.0 Å². The van der Waals surface area contributed by atoms with Crippen LogP contribution in [0.15, 0.2) is 52.2 Å². The highest BCUT2D eigenvalue weighted by atomic mass is 127. The molecule has 0 spiro atoms. The van der Waals surface area contributed by atoms with Crippen LogP contribution in [0.1, 0.15) is 24.9 Å². The quantitative estimate of drug-likeness (QED) is 0.326. The minimum atomic E-state index is 0. The molecule has 0 aliphatic rings. The molecule has 0 saturated carbocycles. The number of aliphatic imine (C=N–C) groups is 1. The number of guanidine groups is 1. The molecule has 0 fully saturated rings. The van der Waals surface area contributed by atoms with Gasteiger partial charge < -0.3 is 15.1 Å². The van der Waals surface area contributed by atoms with Crippen LogP contribution >= 0.6 is 24.0 Å². The zero-order valence-electron chi connectivity index (χ0n) is 14.2. The third kappa shape index (κ3) is 5.45. The molecule has 2 N–H and O–H groups in total. The molecule has 0 unspecified atom stereocenters. The summed E-state index contributed by atoms with van der Waals surface area (Å²) in [5, 5.41) is 15.0. The molecular formula is C17H23IN6O.